The van der Waals surface area contributed by atoms with E-state index in [4.69, 9.17) is 0 Å². The SMILES string of the molecule is CC(C)(CNC(=O)c1ccc(OCC(F)(F)F)cc1)C1Nc2ccc([N+](=O)[O-])cc2C2C=CCC21. The highest BCUT2D eigenvalue weighted by Crippen LogP contribution is 2.49. The number of halogens is 3. The van der Waals surface area contributed by atoms with Crippen molar-refractivity contribution in [2.24, 2.45) is 11.3 Å². The summed E-state index contributed by atoms with van der Waals surface area (Å²) < 4.78 is 41.6. The Morgan fingerprint density at radius 3 is 2.57 bits per heavy atom. The molecule has 2 aromatic carbocycles. The second-order valence-electron chi connectivity index (χ2n) is 9.60. The molecule has 3 atom stereocenters. The Bertz CT molecular complexity index is 1150. The molecule has 10 heteroatoms. The quantitative estimate of drug-likeness (QED) is 0.307. The molecule has 0 radical (unpaired) electrons. The molecule has 7 nitrogen and oxygen atoms in total. The topological polar surface area (TPSA) is 93.5 Å². The third-order valence-corrected chi connectivity index (χ3v) is 6.62. The summed E-state index contributed by atoms with van der Waals surface area (Å²) in [5, 5.41) is 17.7. The fourth-order valence-electron chi connectivity index (χ4n) is 4.86. The number of carbonyl (C=O) groups is 1. The van der Waals surface area contributed by atoms with Gasteiger partial charge in [0.25, 0.3) is 11.6 Å². The van der Waals surface area contributed by atoms with Gasteiger partial charge in [-0.1, -0.05) is 26.0 Å². The zero-order chi connectivity index (χ0) is 25.4. The first-order chi connectivity index (χ1) is 16.4. The van der Waals surface area contributed by atoms with Gasteiger partial charge in [-0.25, -0.2) is 0 Å². The van der Waals surface area contributed by atoms with E-state index < -0.39 is 17.7 Å². The standard InChI is InChI=1S/C25H26F3N3O4/c1-24(2,13-29-23(32)15-6-9-17(10-7-15)35-14-25(26,27)28)22-19-5-3-4-18(19)20-12-16(31(33)34)8-11-21(20)30-22/h3-4,6-12,18-19,22,30H,5,13-14H2,1-2H3,(H,29,32). The highest BCUT2D eigenvalue weighted by Gasteiger charge is 2.44. The lowest BCUT2D eigenvalue weighted by atomic mass is 9.69. The van der Waals surface area contributed by atoms with Crippen LogP contribution in [-0.2, 0) is 0 Å². The zero-order valence-electron chi connectivity index (χ0n) is 19.3. The number of allylic oxidation sites excluding steroid dienone is 2. The number of hydrogen-bond acceptors (Lipinski definition) is 5. The second kappa shape index (κ2) is 9.24. The molecule has 3 unspecified atom stereocenters. The molecular formula is C25H26F3N3O4. The predicted octanol–water partition coefficient (Wildman–Crippen LogP) is 5.45. The van der Waals surface area contributed by atoms with Crippen LogP contribution in [0.5, 0.6) is 5.75 Å². The monoisotopic (exact) mass is 489 g/mol. The van der Waals surface area contributed by atoms with Gasteiger partial charge in [0, 0.05) is 47.3 Å². The van der Waals surface area contributed by atoms with Gasteiger partial charge in [-0.15, -0.1) is 0 Å². The van der Waals surface area contributed by atoms with Crippen LogP contribution in [0, 0.1) is 21.4 Å². The van der Waals surface area contributed by atoms with Gasteiger partial charge in [-0.2, -0.15) is 13.2 Å². The molecule has 1 aliphatic carbocycles. The zero-order valence-corrected chi connectivity index (χ0v) is 19.3. The van der Waals surface area contributed by atoms with Crippen LogP contribution in [0.4, 0.5) is 24.5 Å². The highest BCUT2D eigenvalue weighted by atomic mass is 19.4. The first-order valence-corrected chi connectivity index (χ1v) is 11.2. The number of nitrogens with one attached hydrogen (secondary N) is 2. The molecule has 0 spiro atoms. The van der Waals surface area contributed by atoms with Crippen molar-refractivity contribution in [2.45, 2.75) is 38.4 Å². The average Bonchev–Trinajstić information content (AvgIpc) is 3.30. The number of nitrogens with zero attached hydrogens (tertiary/aromatic N) is 1. The minimum atomic E-state index is -4.43. The third kappa shape index (κ3) is 5.41. The highest BCUT2D eigenvalue weighted by molar-refractivity contribution is 5.94. The van der Waals surface area contributed by atoms with Crippen LogP contribution in [0.15, 0.2) is 54.6 Å². The summed E-state index contributed by atoms with van der Waals surface area (Å²) >= 11 is 0. The van der Waals surface area contributed by atoms with Crippen LogP contribution in [-0.4, -0.2) is 36.2 Å². The van der Waals surface area contributed by atoms with E-state index in [2.05, 4.69) is 27.5 Å². The number of ether oxygens (including phenoxy) is 1. The first-order valence-electron chi connectivity index (χ1n) is 11.2. The van der Waals surface area contributed by atoms with Crippen molar-refractivity contribution in [3.63, 3.8) is 0 Å². The molecular weight excluding hydrogens is 463 g/mol. The summed E-state index contributed by atoms with van der Waals surface area (Å²) in [7, 11) is 0. The maximum Gasteiger partial charge on any atom is 0.422 e. The minimum Gasteiger partial charge on any atom is -0.484 e. The molecule has 2 aliphatic rings. The van der Waals surface area contributed by atoms with E-state index in [9.17, 15) is 28.1 Å². The van der Waals surface area contributed by atoms with Crippen LogP contribution in [0.3, 0.4) is 0 Å². The van der Waals surface area contributed by atoms with Crippen molar-refractivity contribution < 1.29 is 27.6 Å². The van der Waals surface area contributed by atoms with Crippen molar-refractivity contribution in [2.75, 3.05) is 18.5 Å². The summed E-state index contributed by atoms with van der Waals surface area (Å²) in [6, 6.07) is 10.4. The largest absolute Gasteiger partial charge is 0.484 e. The maximum atomic E-state index is 12.7. The number of nitro benzene ring substituents is 1. The Labute approximate surface area is 200 Å². The number of anilines is 1. The van der Waals surface area contributed by atoms with E-state index in [0.717, 1.165) is 17.7 Å². The minimum absolute atomic E-state index is 0.00472. The molecule has 0 saturated carbocycles. The Morgan fingerprint density at radius 2 is 1.91 bits per heavy atom. The molecule has 2 aromatic rings. The summed E-state index contributed by atoms with van der Waals surface area (Å²) in [6.07, 6.45) is 0.576. The molecule has 0 saturated heterocycles. The van der Waals surface area contributed by atoms with Crippen LogP contribution in [0.1, 0.15) is 42.1 Å². The molecule has 4 rings (SSSR count). The van der Waals surface area contributed by atoms with Gasteiger partial charge < -0.3 is 15.4 Å². The third-order valence-electron chi connectivity index (χ3n) is 6.62. The van der Waals surface area contributed by atoms with E-state index in [-0.39, 0.29) is 40.6 Å². The molecule has 35 heavy (non-hydrogen) atoms. The van der Waals surface area contributed by atoms with Crippen molar-refractivity contribution >= 4 is 17.3 Å². The maximum absolute atomic E-state index is 12.7. The van der Waals surface area contributed by atoms with Gasteiger partial charge in [0.15, 0.2) is 6.61 Å². The summed E-state index contributed by atoms with van der Waals surface area (Å²) in [6.45, 7) is 3.05. The van der Waals surface area contributed by atoms with Gasteiger partial charge in [-0.3, -0.25) is 14.9 Å². The van der Waals surface area contributed by atoms with Gasteiger partial charge in [0.2, 0.25) is 0 Å². The van der Waals surface area contributed by atoms with Crippen molar-refractivity contribution in [1.29, 1.82) is 0 Å². The van der Waals surface area contributed by atoms with Gasteiger partial charge in [0.05, 0.1) is 4.92 Å². The number of carbonyl (C=O) groups excluding carboxylic acids is 1. The fraction of sp³-hybridized carbons (Fsp3) is 0.400. The van der Waals surface area contributed by atoms with Crippen LogP contribution in [0.2, 0.25) is 0 Å². The number of non-ortho nitro benzene ring substituents is 1. The number of rotatable bonds is 7. The number of hydrogen-bond donors (Lipinski definition) is 2. The fourth-order valence-corrected chi connectivity index (χ4v) is 4.86. The number of fused-ring (bicyclic) bond motifs is 3. The lowest BCUT2D eigenvalue weighted by molar-refractivity contribution is -0.384. The summed E-state index contributed by atoms with van der Waals surface area (Å²) in [4.78, 5) is 23.5. The molecule has 1 heterocycles. The van der Waals surface area contributed by atoms with E-state index in [1.807, 2.05) is 13.8 Å². The van der Waals surface area contributed by atoms with Crippen LogP contribution >= 0.6 is 0 Å². The Kier molecular flexibility index (Phi) is 6.48. The molecule has 186 valence electrons. The normalized spacial score (nSPS) is 21.0. The molecule has 0 bridgehead atoms. The van der Waals surface area contributed by atoms with Crippen LogP contribution in [0.25, 0.3) is 0 Å². The first kappa shape index (κ1) is 24.6. The van der Waals surface area contributed by atoms with Gasteiger partial charge in [-0.05, 0) is 48.2 Å². The summed E-state index contributed by atoms with van der Waals surface area (Å²) in [5.74, 6) is -0.0745. The van der Waals surface area contributed by atoms with E-state index in [1.165, 1.54) is 30.3 Å². The van der Waals surface area contributed by atoms with Crippen molar-refractivity contribution in [3.8, 4) is 5.75 Å². The molecule has 1 aliphatic heterocycles. The Hall–Kier alpha value is -3.56. The van der Waals surface area contributed by atoms with E-state index >= 15 is 0 Å². The van der Waals surface area contributed by atoms with Crippen molar-refractivity contribution in [3.05, 3.63) is 75.9 Å². The predicted molar refractivity (Wildman–Crippen MR) is 125 cm³/mol. The summed E-state index contributed by atoms with van der Waals surface area (Å²) in [5.41, 5.74) is 1.75. The number of nitro groups is 1. The van der Waals surface area contributed by atoms with Gasteiger partial charge >= 0.3 is 6.18 Å². The van der Waals surface area contributed by atoms with E-state index in [1.54, 1.807) is 12.1 Å². The number of alkyl halides is 3. The lowest BCUT2D eigenvalue weighted by Crippen LogP contribution is -2.51. The van der Waals surface area contributed by atoms with Crippen molar-refractivity contribution in [1.82, 2.24) is 5.32 Å². The smallest absolute Gasteiger partial charge is 0.422 e. The molecule has 0 aromatic heterocycles. The average molecular weight is 489 g/mol. The Morgan fingerprint density at radius 1 is 1.20 bits per heavy atom. The molecule has 1 amide bonds. The molecule has 0 fully saturated rings. The van der Waals surface area contributed by atoms with Gasteiger partial charge in [0.1, 0.15) is 5.75 Å². The van der Waals surface area contributed by atoms with Crippen LogP contribution < -0.4 is 15.4 Å². The number of benzene rings is 2. The van der Waals surface area contributed by atoms with E-state index in [0.29, 0.717) is 12.1 Å². The number of amides is 1. The second-order valence-corrected chi connectivity index (χ2v) is 9.60. The molecule has 2 N–H and O–H groups in total. The lowest BCUT2D eigenvalue weighted by Gasteiger charge is -2.45. The Balaban J connectivity index is 1.43.